The molecule has 0 spiro atoms. The summed E-state index contributed by atoms with van der Waals surface area (Å²) in [5, 5.41) is 12.4. The minimum atomic E-state index is -2.70. The summed E-state index contributed by atoms with van der Waals surface area (Å²) in [7, 11) is -2.70. The molecular formula is C62H43NOSi. The second-order valence-electron chi connectivity index (χ2n) is 16.8. The van der Waals surface area contributed by atoms with Crippen LogP contribution in [0.4, 0.5) is 17.1 Å². The second-order valence-corrected chi connectivity index (χ2v) is 20.6. The fraction of sp³-hybridized carbons (Fsp3) is 0. The maximum absolute atomic E-state index is 6.36. The molecule has 0 saturated heterocycles. The van der Waals surface area contributed by atoms with Gasteiger partial charge in [-0.05, 0) is 90.2 Å². The number of furan rings is 1. The van der Waals surface area contributed by atoms with Crippen molar-refractivity contribution in [2.75, 3.05) is 4.90 Å². The highest BCUT2D eigenvalue weighted by Gasteiger charge is 2.41. The lowest BCUT2D eigenvalue weighted by atomic mass is 9.90. The number of rotatable bonds is 9. The van der Waals surface area contributed by atoms with E-state index in [-0.39, 0.29) is 0 Å². The topological polar surface area (TPSA) is 16.4 Å². The number of anilines is 3. The van der Waals surface area contributed by atoms with Crippen LogP contribution in [0.15, 0.2) is 265 Å². The number of benzene rings is 11. The molecule has 0 bridgehead atoms. The second kappa shape index (κ2) is 16.1. The van der Waals surface area contributed by atoms with Crippen LogP contribution in [0.5, 0.6) is 0 Å². The van der Waals surface area contributed by atoms with Crippen LogP contribution in [0.25, 0.3) is 65.7 Å². The van der Waals surface area contributed by atoms with Gasteiger partial charge in [0.1, 0.15) is 11.2 Å². The minimum Gasteiger partial charge on any atom is -0.456 e. The molecule has 3 heteroatoms. The third-order valence-corrected chi connectivity index (χ3v) is 18.0. The molecule has 0 aliphatic rings. The number of hydrogen-bond acceptors (Lipinski definition) is 2. The Morgan fingerprint density at radius 2 is 0.677 bits per heavy atom. The van der Waals surface area contributed by atoms with Gasteiger partial charge in [0.2, 0.25) is 0 Å². The lowest BCUT2D eigenvalue weighted by Gasteiger charge is -2.34. The highest BCUT2D eigenvalue weighted by Crippen LogP contribution is 2.49. The maximum Gasteiger partial charge on any atom is 0.179 e. The van der Waals surface area contributed by atoms with Crippen LogP contribution >= 0.6 is 0 Å². The first-order valence-corrected chi connectivity index (χ1v) is 24.3. The van der Waals surface area contributed by atoms with E-state index in [9.17, 15) is 0 Å². The van der Waals surface area contributed by atoms with Gasteiger partial charge in [-0.2, -0.15) is 0 Å². The lowest BCUT2D eigenvalue weighted by Crippen LogP contribution is -2.74. The average molecular weight is 846 g/mol. The van der Waals surface area contributed by atoms with E-state index in [0.717, 1.165) is 39.0 Å². The zero-order valence-electron chi connectivity index (χ0n) is 35.7. The molecule has 0 N–H and O–H groups in total. The summed E-state index contributed by atoms with van der Waals surface area (Å²) in [6, 6.07) is 95.5. The number of para-hydroxylation sites is 1. The normalized spacial score (nSPS) is 11.7. The molecule has 0 unspecified atom stereocenters. The van der Waals surface area contributed by atoms with Crippen molar-refractivity contribution >= 4 is 89.4 Å². The molecule has 306 valence electrons. The predicted molar refractivity (Wildman–Crippen MR) is 278 cm³/mol. The Morgan fingerprint density at radius 1 is 0.277 bits per heavy atom. The third-order valence-electron chi connectivity index (χ3n) is 13.2. The summed E-state index contributed by atoms with van der Waals surface area (Å²) >= 11 is 0. The Labute approximate surface area is 379 Å². The number of hydrogen-bond donors (Lipinski definition) is 0. The molecule has 0 saturated carbocycles. The zero-order chi connectivity index (χ0) is 43.2. The Hall–Kier alpha value is -8.24. The largest absolute Gasteiger partial charge is 0.456 e. The van der Waals surface area contributed by atoms with Gasteiger partial charge in [-0.15, -0.1) is 0 Å². The van der Waals surface area contributed by atoms with Crippen LogP contribution in [0.2, 0.25) is 0 Å². The van der Waals surface area contributed by atoms with Gasteiger partial charge >= 0.3 is 0 Å². The first-order chi connectivity index (χ1) is 32.3. The van der Waals surface area contributed by atoms with Gasteiger partial charge < -0.3 is 9.32 Å². The molecule has 0 aliphatic carbocycles. The molecule has 0 atom stereocenters. The SMILES string of the molecule is c1ccc(-c2ccc(N(c3ccc4oc5ccccc5c4c3)c3c4ccccc4c(-c4ccc([Si](c5ccccc5)(c5ccccc5)c5ccccc5)cc4)c4ccccc34)cc2)cc1. The monoisotopic (exact) mass is 845 g/mol. The van der Waals surface area contributed by atoms with Gasteiger partial charge in [0.15, 0.2) is 8.07 Å². The molecule has 11 aromatic carbocycles. The van der Waals surface area contributed by atoms with E-state index in [1.165, 1.54) is 64.5 Å². The molecule has 12 rings (SSSR count). The molecule has 2 nitrogen and oxygen atoms in total. The van der Waals surface area contributed by atoms with E-state index in [2.05, 4.69) is 260 Å². The zero-order valence-corrected chi connectivity index (χ0v) is 36.7. The van der Waals surface area contributed by atoms with Crippen molar-refractivity contribution in [2.24, 2.45) is 0 Å². The lowest BCUT2D eigenvalue weighted by molar-refractivity contribution is 0.669. The summed E-state index contributed by atoms with van der Waals surface area (Å²) in [5.74, 6) is 0. The Balaban J connectivity index is 1.08. The quantitative estimate of drug-likeness (QED) is 0.0817. The molecule has 12 aromatic rings. The summed E-state index contributed by atoms with van der Waals surface area (Å²) in [5.41, 5.74) is 9.84. The van der Waals surface area contributed by atoms with E-state index in [1.54, 1.807) is 0 Å². The van der Waals surface area contributed by atoms with E-state index >= 15 is 0 Å². The summed E-state index contributed by atoms with van der Waals surface area (Å²) in [4.78, 5) is 2.45. The first-order valence-electron chi connectivity index (χ1n) is 22.3. The van der Waals surface area contributed by atoms with Gasteiger partial charge in [0, 0.05) is 32.9 Å². The van der Waals surface area contributed by atoms with Gasteiger partial charge in [0.25, 0.3) is 0 Å². The molecule has 65 heavy (non-hydrogen) atoms. The van der Waals surface area contributed by atoms with Crippen LogP contribution in [-0.2, 0) is 0 Å². The Kier molecular flexibility index (Phi) is 9.55. The molecule has 0 fully saturated rings. The highest BCUT2D eigenvalue weighted by atomic mass is 28.3. The number of fused-ring (bicyclic) bond motifs is 5. The molecule has 1 heterocycles. The van der Waals surface area contributed by atoms with Crippen LogP contribution < -0.4 is 25.6 Å². The van der Waals surface area contributed by atoms with Gasteiger partial charge in [-0.3, -0.25) is 0 Å². The summed E-state index contributed by atoms with van der Waals surface area (Å²) < 4.78 is 6.36. The Bertz CT molecular complexity index is 3470. The van der Waals surface area contributed by atoms with Crippen molar-refractivity contribution in [3.05, 3.63) is 261 Å². The van der Waals surface area contributed by atoms with Crippen molar-refractivity contribution in [1.82, 2.24) is 0 Å². The minimum absolute atomic E-state index is 0.877. The fourth-order valence-corrected chi connectivity index (χ4v) is 15.0. The van der Waals surface area contributed by atoms with Crippen molar-refractivity contribution in [1.29, 1.82) is 0 Å². The molecule has 0 radical (unpaired) electrons. The third kappa shape index (κ3) is 6.47. The van der Waals surface area contributed by atoms with E-state index in [0.29, 0.717) is 0 Å². The Morgan fingerprint density at radius 3 is 1.23 bits per heavy atom. The first kappa shape index (κ1) is 38.4. The fourth-order valence-electron chi connectivity index (χ4n) is 10.3. The number of nitrogens with zero attached hydrogens (tertiary/aromatic N) is 1. The van der Waals surface area contributed by atoms with Gasteiger partial charge in [-0.25, -0.2) is 0 Å². The van der Waals surface area contributed by atoms with Crippen molar-refractivity contribution in [2.45, 2.75) is 0 Å². The molecule has 0 amide bonds. The maximum atomic E-state index is 6.36. The van der Waals surface area contributed by atoms with E-state index in [4.69, 9.17) is 4.42 Å². The van der Waals surface area contributed by atoms with Crippen molar-refractivity contribution in [3.63, 3.8) is 0 Å². The predicted octanol–water partition coefficient (Wildman–Crippen LogP) is 14.1. The summed E-state index contributed by atoms with van der Waals surface area (Å²) in [6.45, 7) is 0. The smallest absolute Gasteiger partial charge is 0.179 e. The average Bonchev–Trinajstić information content (AvgIpc) is 3.76. The highest BCUT2D eigenvalue weighted by molar-refractivity contribution is 7.19. The van der Waals surface area contributed by atoms with Gasteiger partial charge in [0.05, 0.1) is 5.69 Å². The van der Waals surface area contributed by atoms with E-state index in [1.807, 2.05) is 6.07 Å². The van der Waals surface area contributed by atoms with Crippen LogP contribution in [0.1, 0.15) is 0 Å². The van der Waals surface area contributed by atoms with Crippen LogP contribution in [0, 0.1) is 0 Å². The molecular weight excluding hydrogens is 803 g/mol. The van der Waals surface area contributed by atoms with Crippen molar-refractivity contribution < 1.29 is 4.42 Å². The van der Waals surface area contributed by atoms with E-state index < -0.39 is 8.07 Å². The van der Waals surface area contributed by atoms with Crippen molar-refractivity contribution in [3.8, 4) is 22.3 Å². The molecule has 1 aromatic heterocycles. The summed E-state index contributed by atoms with van der Waals surface area (Å²) in [6.07, 6.45) is 0. The standard InChI is InChI=1S/C62H43NOSi/c1-5-19-44(20-6-1)45-33-37-47(38-34-45)63(48-39-42-60-58(43-48)53-27-17-18-32-59(53)64-60)62-56-30-15-13-28-54(56)61(55-29-14-16-31-57(55)62)46-35-40-52(41-36-46)65(49-21-7-2-8-22-49,50-23-9-3-10-24-50)51-25-11-4-12-26-51/h1-43H. The molecule has 0 aliphatic heterocycles. The van der Waals surface area contributed by atoms with Crippen LogP contribution in [0.3, 0.4) is 0 Å². The van der Waals surface area contributed by atoms with Crippen LogP contribution in [-0.4, -0.2) is 8.07 Å². The van der Waals surface area contributed by atoms with Gasteiger partial charge in [-0.1, -0.05) is 224 Å².